The number of carbonyl (C=O) groups is 1. The second-order valence-corrected chi connectivity index (χ2v) is 3.60. The summed E-state index contributed by atoms with van der Waals surface area (Å²) in [7, 11) is 0. The number of anilines is 1. The van der Waals surface area contributed by atoms with E-state index in [1.807, 2.05) is 6.07 Å². The van der Waals surface area contributed by atoms with Crippen LogP contribution in [0, 0.1) is 0 Å². The van der Waals surface area contributed by atoms with Crippen molar-refractivity contribution in [1.82, 2.24) is 9.97 Å². The topological polar surface area (TPSA) is 54.9 Å². The molecule has 0 aliphatic carbocycles. The number of aromatic nitrogens is 2. The van der Waals surface area contributed by atoms with Crippen molar-refractivity contribution in [2.45, 2.75) is 13.3 Å². The molecule has 2 aromatic rings. The molecule has 0 radical (unpaired) electrons. The molecule has 0 bridgehead atoms. The lowest BCUT2D eigenvalue weighted by Gasteiger charge is -2.04. The van der Waals surface area contributed by atoms with E-state index in [0.717, 1.165) is 12.0 Å². The van der Waals surface area contributed by atoms with Crippen molar-refractivity contribution in [1.29, 1.82) is 0 Å². The van der Waals surface area contributed by atoms with Crippen molar-refractivity contribution in [3.05, 3.63) is 54.0 Å². The van der Waals surface area contributed by atoms with Gasteiger partial charge in [0, 0.05) is 18.6 Å². The van der Waals surface area contributed by atoms with Crippen LogP contribution < -0.4 is 5.32 Å². The molecule has 0 unspecified atom stereocenters. The molecule has 1 amide bonds. The Bertz CT molecular complexity index is 494. The molecule has 1 N–H and O–H groups in total. The fraction of sp³-hybridized carbons (Fsp3) is 0.154. The zero-order chi connectivity index (χ0) is 12.1. The highest BCUT2D eigenvalue weighted by Gasteiger charge is 2.05. The summed E-state index contributed by atoms with van der Waals surface area (Å²) >= 11 is 0. The van der Waals surface area contributed by atoms with Gasteiger partial charge >= 0.3 is 0 Å². The van der Waals surface area contributed by atoms with Gasteiger partial charge < -0.3 is 5.32 Å². The van der Waals surface area contributed by atoms with E-state index in [1.165, 1.54) is 6.20 Å². The van der Waals surface area contributed by atoms with Gasteiger partial charge in [-0.2, -0.15) is 0 Å². The van der Waals surface area contributed by atoms with Gasteiger partial charge in [-0.1, -0.05) is 13.0 Å². The van der Waals surface area contributed by atoms with E-state index in [9.17, 15) is 4.79 Å². The minimum Gasteiger partial charge on any atom is -0.307 e. The number of nitrogens with zero attached hydrogens (tertiary/aromatic N) is 2. The Morgan fingerprint density at radius 2 is 2.18 bits per heavy atom. The highest BCUT2D eigenvalue weighted by molar-refractivity contribution is 6.03. The van der Waals surface area contributed by atoms with E-state index in [1.54, 1.807) is 30.6 Å². The first-order valence-corrected chi connectivity index (χ1v) is 5.46. The number of pyridine rings is 2. The second kappa shape index (κ2) is 5.21. The summed E-state index contributed by atoms with van der Waals surface area (Å²) in [5.41, 5.74) is 1.67. The lowest BCUT2D eigenvalue weighted by molar-refractivity contribution is 0.102. The molecule has 0 atom stereocenters. The van der Waals surface area contributed by atoms with Gasteiger partial charge in [0.1, 0.15) is 5.82 Å². The van der Waals surface area contributed by atoms with Crippen LogP contribution in [0.1, 0.15) is 22.8 Å². The summed E-state index contributed by atoms with van der Waals surface area (Å²) in [6.07, 6.45) is 5.85. The van der Waals surface area contributed by atoms with Crippen LogP contribution in [0.4, 0.5) is 5.82 Å². The monoisotopic (exact) mass is 227 g/mol. The first-order valence-electron chi connectivity index (χ1n) is 5.46. The SMILES string of the molecule is CCc1ccc(NC(=O)c2cccnc2)nc1. The van der Waals surface area contributed by atoms with Crippen molar-refractivity contribution in [2.75, 3.05) is 5.32 Å². The summed E-state index contributed by atoms with van der Waals surface area (Å²) in [4.78, 5) is 19.8. The summed E-state index contributed by atoms with van der Waals surface area (Å²) in [6, 6.07) is 7.18. The van der Waals surface area contributed by atoms with Gasteiger partial charge in [-0.05, 0) is 30.2 Å². The van der Waals surface area contributed by atoms with Crippen molar-refractivity contribution in [3.63, 3.8) is 0 Å². The number of nitrogens with one attached hydrogen (secondary N) is 1. The zero-order valence-electron chi connectivity index (χ0n) is 9.55. The number of hydrogen-bond acceptors (Lipinski definition) is 3. The largest absolute Gasteiger partial charge is 0.307 e. The van der Waals surface area contributed by atoms with E-state index in [-0.39, 0.29) is 5.91 Å². The van der Waals surface area contributed by atoms with Crippen LogP contribution >= 0.6 is 0 Å². The summed E-state index contributed by atoms with van der Waals surface area (Å²) < 4.78 is 0. The van der Waals surface area contributed by atoms with Crippen molar-refractivity contribution in [2.24, 2.45) is 0 Å². The Balaban J connectivity index is 2.08. The summed E-state index contributed by atoms with van der Waals surface area (Å²) in [5, 5.41) is 2.72. The highest BCUT2D eigenvalue weighted by Crippen LogP contribution is 2.07. The van der Waals surface area contributed by atoms with Gasteiger partial charge in [-0.25, -0.2) is 4.98 Å². The Morgan fingerprint density at radius 1 is 1.29 bits per heavy atom. The third-order valence-electron chi connectivity index (χ3n) is 2.40. The molecule has 4 nitrogen and oxygen atoms in total. The van der Waals surface area contributed by atoms with E-state index in [2.05, 4.69) is 22.2 Å². The molecule has 0 saturated carbocycles. The third kappa shape index (κ3) is 2.87. The van der Waals surface area contributed by atoms with Crippen LogP contribution in [0.2, 0.25) is 0 Å². The van der Waals surface area contributed by atoms with E-state index >= 15 is 0 Å². The molecule has 0 fully saturated rings. The van der Waals surface area contributed by atoms with Crippen molar-refractivity contribution >= 4 is 11.7 Å². The molecule has 2 aromatic heterocycles. The fourth-order valence-corrected chi connectivity index (χ4v) is 1.39. The molecule has 0 spiro atoms. The van der Waals surface area contributed by atoms with Crippen LogP contribution in [0.15, 0.2) is 42.9 Å². The average molecular weight is 227 g/mol. The fourth-order valence-electron chi connectivity index (χ4n) is 1.39. The first kappa shape index (κ1) is 11.3. The predicted octanol–water partition coefficient (Wildman–Crippen LogP) is 2.29. The molecule has 0 aliphatic heterocycles. The Morgan fingerprint density at radius 3 is 2.76 bits per heavy atom. The lowest BCUT2D eigenvalue weighted by atomic mass is 10.2. The molecule has 17 heavy (non-hydrogen) atoms. The maximum absolute atomic E-state index is 11.8. The normalized spacial score (nSPS) is 9.94. The molecule has 86 valence electrons. The highest BCUT2D eigenvalue weighted by atomic mass is 16.1. The van der Waals surface area contributed by atoms with Crippen LogP contribution in [-0.2, 0) is 6.42 Å². The number of rotatable bonds is 3. The first-order chi connectivity index (χ1) is 8.29. The van der Waals surface area contributed by atoms with Gasteiger partial charge in [0.25, 0.3) is 5.91 Å². The average Bonchev–Trinajstić information content (AvgIpc) is 2.40. The lowest BCUT2D eigenvalue weighted by Crippen LogP contribution is -2.13. The molecular formula is C13H13N3O. The number of aryl methyl sites for hydroxylation is 1. The quantitative estimate of drug-likeness (QED) is 0.875. The van der Waals surface area contributed by atoms with Gasteiger partial charge in [-0.15, -0.1) is 0 Å². The minimum atomic E-state index is -0.199. The molecule has 4 heteroatoms. The number of hydrogen-bond donors (Lipinski definition) is 1. The van der Waals surface area contributed by atoms with E-state index < -0.39 is 0 Å². The van der Waals surface area contributed by atoms with Crippen LogP contribution in [0.3, 0.4) is 0 Å². The number of carbonyl (C=O) groups excluding carboxylic acids is 1. The van der Waals surface area contributed by atoms with Crippen LogP contribution in [0.5, 0.6) is 0 Å². The maximum atomic E-state index is 11.8. The molecule has 0 aromatic carbocycles. The van der Waals surface area contributed by atoms with Gasteiger partial charge in [0.05, 0.1) is 5.56 Å². The number of amides is 1. The van der Waals surface area contributed by atoms with E-state index in [4.69, 9.17) is 0 Å². The van der Waals surface area contributed by atoms with Crippen molar-refractivity contribution in [3.8, 4) is 0 Å². The van der Waals surface area contributed by atoms with Crippen LogP contribution in [0.25, 0.3) is 0 Å². The Kier molecular flexibility index (Phi) is 3.45. The van der Waals surface area contributed by atoms with Crippen molar-refractivity contribution < 1.29 is 4.79 Å². The minimum absolute atomic E-state index is 0.199. The van der Waals surface area contributed by atoms with E-state index in [0.29, 0.717) is 11.4 Å². The molecule has 0 saturated heterocycles. The van der Waals surface area contributed by atoms with Gasteiger partial charge in [0.2, 0.25) is 0 Å². The Hall–Kier alpha value is -2.23. The molecule has 0 aliphatic rings. The third-order valence-corrected chi connectivity index (χ3v) is 2.40. The molecule has 2 heterocycles. The van der Waals surface area contributed by atoms with Crippen LogP contribution in [-0.4, -0.2) is 15.9 Å². The van der Waals surface area contributed by atoms with Gasteiger partial charge in [0.15, 0.2) is 0 Å². The van der Waals surface area contributed by atoms with Gasteiger partial charge in [-0.3, -0.25) is 9.78 Å². The molecule has 2 rings (SSSR count). The zero-order valence-corrected chi connectivity index (χ0v) is 9.55. The molecular weight excluding hydrogens is 214 g/mol. The smallest absolute Gasteiger partial charge is 0.258 e. The summed E-state index contributed by atoms with van der Waals surface area (Å²) in [5.74, 6) is 0.353. The second-order valence-electron chi connectivity index (χ2n) is 3.60. The standard InChI is InChI=1S/C13H13N3O/c1-2-10-5-6-12(15-8-10)16-13(17)11-4-3-7-14-9-11/h3-9H,2H2,1H3,(H,15,16,17). The maximum Gasteiger partial charge on any atom is 0.258 e. The predicted molar refractivity (Wildman–Crippen MR) is 65.8 cm³/mol. The summed E-state index contributed by atoms with van der Waals surface area (Å²) in [6.45, 7) is 2.06. The Labute approximate surface area is 99.7 Å².